The van der Waals surface area contributed by atoms with E-state index >= 15 is 0 Å². The van der Waals surface area contributed by atoms with Gasteiger partial charge in [0.2, 0.25) is 0 Å². The summed E-state index contributed by atoms with van der Waals surface area (Å²) in [7, 11) is 0. The maximum Gasteiger partial charge on any atom is 0.0176 e. The maximum absolute atomic E-state index is 3.27. The van der Waals surface area contributed by atoms with Crippen LogP contribution in [0.1, 0.15) is 30.7 Å². The molecule has 0 aliphatic heterocycles. The fourth-order valence-corrected chi connectivity index (χ4v) is 1.32. The van der Waals surface area contributed by atoms with Crippen molar-refractivity contribution in [1.29, 1.82) is 0 Å². The lowest BCUT2D eigenvalue weighted by molar-refractivity contribution is 1.04. The predicted octanol–water partition coefficient (Wildman–Crippen LogP) is 2.45. The topological polar surface area (TPSA) is 15.8 Å². The highest BCUT2D eigenvalue weighted by atomic mass is 14.7. The molecule has 0 aliphatic rings. The second-order valence-electron chi connectivity index (χ2n) is 2.62. The number of hydrogen-bond donors (Lipinski definition) is 1. The zero-order chi connectivity index (χ0) is 7.56. The Hall–Kier alpha value is -0.720. The first-order valence-electron chi connectivity index (χ1n) is 3.95. The molecule has 0 atom stereocenters. The summed E-state index contributed by atoms with van der Waals surface area (Å²) < 4.78 is 0. The van der Waals surface area contributed by atoms with Crippen LogP contribution in [0.5, 0.6) is 0 Å². The molecule has 1 heterocycles. The van der Waals surface area contributed by atoms with E-state index in [1.54, 1.807) is 0 Å². The first-order chi connectivity index (χ1) is 4.79. The molecule has 10 heavy (non-hydrogen) atoms. The molecule has 0 amide bonds. The van der Waals surface area contributed by atoms with Gasteiger partial charge in [-0.05, 0) is 30.9 Å². The standard InChI is InChI=1S/C9H15N/c1-4-8-6-10-9(5-2)7(8)3/h6,10H,4-5H2,1-3H3. The summed E-state index contributed by atoms with van der Waals surface area (Å²) in [5.74, 6) is 0. The fraction of sp³-hybridized carbons (Fsp3) is 0.556. The molecule has 0 aromatic carbocycles. The smallest absolute Gasteiger partial charge is 0.0176 e. The Morgan fingerprint density at radius 1 is 1.30 bits per heavy atom. The summed E-state index contributed by atoms with van der Waals surface area (Å²) in [6.45, 7) is 6.56. The average Bonchev–Trinajstić information content (AvgIpc) is 2.30. The summed E-state index contributed by atoms with van der Waals surface area (Å²) in [5.41, 5.74) is 4.29. The van der Waals surface area contributed by atoms with Gasteiger partial charge in [0.25, 0.3) is 0 Å². The summed E-state index contributed by atoms with van der Waals surface area (Å²) >= 11 is 0. The van der Waals surface area contributed by atoms with Gasteiger partial charge in [-0.2, -0.15) is 0 Å². The van der Waals surface area contributed by atoms with Gasteiger partial charge in [-0.3, -0.25) is 0 Å². The Kier molecular flexibility index (Phi) is 2.15. The minimum Gasteiger partial charge on any atom is -0.364 e. The average molecular weight is 137 g/mol. The van der Waals surface area contributed by atoms with E-state index in [9.17, 15) is 0 Å². The maximum atomic E-state index is 3.27. The molecule has 56 valence electrons. The minimum absolute atomic E-state index is 1.12. The van der Waals surface area contributed by atoms with Crippen LogP contribution < -0.4 is 0 Å². The molecule has 0 saturated carbocycles. The molecule has 0 saturated heterocycles. The first-order valence-corrected chi connectivity index (χ1v) is 3.95. The van der Waals surface area contributed by atoms with Crippen molar-refractivity contribution in [2.24, 2.45) is 0 Å². The van der Waals surface area contributed by atoms with Gasteiger partial charge in [-0.15, -0.1) is 0 Å². The molecular weight excluding hydrogens is 122 g/mol. The molecule has 1 aromatic heterocycles. The third-order valence-electron chi connectivity index (χ3n) is 2.09. The van der Waals surface area contributed by atoms with Crippen molar-refractivity contribution in [3.63, 3.8) is 0 Å². The van der Waals surface area contributed by atoms with Gasteiger partial charge in [-0.1, -0.05) is 13.8 Å². The number of aromatic nitrogens is 1. The molecular formula is C9H15N. The monoisotopic (exact) mass is 137 g/mol. The van der Waals surface area contributed by atoms with Crippen LogP contribution in [0.25, 0.3) is 0 Å². The van der Waals surface area contributed by atoms with Crippen molar-refractivity contribution < 1.29 is 0 Å². The van der Waals surface area contributed by atoms with Crippen LogP contribution in [0.2, 0.25) is 0 Å². The highest BCUT2D eigenvalue weighted by Crippen LogP contribution is 2.12. The zero-order valence-corrected chi connectivity index (χ0v) is 6.99. The van der Waals surface area contributed by atoms with Crippen LogP contribution in [0.4, 0.5) is 0 Å². The predicted molar refractivity (Wildman–Crippen MR) is 44.3 cm³/mol. The largest absolute Gasteiger partial charge is 0.364 e. The zero-order valence-electron chi connectivity index (χ0n) is 6.99. The van der Waals surface area contributed by atoms with E-state index in [2.05, 4.69) is 32.0 Å². The molecule has 0 spiro atoms. The molecule has 1 N–H and O–H groups in total. The summed E-state index contributed by atoms with van der Waals surface area (Å²) in [6.07, 6.45) is 4.38. The minimum atomic E-state index is 1.12. The van der Waals surface area contributed by atoms with E-state index in [1.807, 2.05) is 0 Å². The van der Waals surface area contributed by atoms with Crippen LogP contribution in [0.3, 0.4) is 0 Å². The van der Waals surface area contributed by atoms with Crippen LogP contribution in [0, 0.1) is 6.92 Å². The van der Waals surface area contributed by atoms with Gasteiger partial charge in [0.1, 0.15) is 0 Å². The second-order valence-corrected chi connectivity index (χ2v) is 2.62. The van der Waals surface area contributed by atoms with Crippen molar-refractivity contribution in [3.8, 4) is 0 Å². The lowest BCUT2D eigenvalue weighted by atomic mass is 10.1. The van der Waals surface area contributed by atoms with Crippen molar-refractivity contribution in [1.82, 2.24) is 4.98 Å². The van der Waals surface area contributed by atoms with E-state index < -0.39 is 0 Å². The molecule has 0 bridgehead atoms. The third kappa shape index (κ3) is 1.08. The van der Waals surface area contributed by atoms with E-state index in [-0.39, 0.29) is 0 Å². The van der Waals surface area contributed by atoms with E-state index in [0.29, 0.717) is 0 Å². The second kappa shape index (κ2) is 2.91. The lowest BCUT2D eigenvalue weighted by Crippen LogP contribution is -1.84. The van der Waals surface area contributed by atoms with Gasteiger partial charge >= 0.3 is 0 Å². The number of aryl methyl sites for hydroxylation is 2. The fourth-order valence-electron chi connectivity index (χ4n) is 1.32. The normalized spacial score (nSPS) is 10.3. The van der Waals surface area contributed by atoms with Crippen LogP contribution >= 0.6 is 0 Å². The van der Waals surface area contributed by atoms with Gasteiger partial charge in [0.15, 0.2) is 0 Å². The van der Waals surface area contributed by atoms with E-state index in [4.69, 9.17) is 0 Å². The quantitative estimate of drug-likeness (QED) is 0.644. The van der Waals surface area contributed by atoms with Gasteiger partial charge in [-0.25, -0.2) is 0 Å². The highest BCUT2D eigenvalue weighted by Gasteiger charge is 2.01. The number of aromatic amines is 1. The molecule has 1 rings (SSSR count). The van der Waals surface area contributed by atoms with Gasteiger partial charge < -0.3 is 4.98 Å². The SMILES string of the molecule is CCc1c[nH]c(CC)c1C. The third-order valence-corrected chi connectivity index (χ3v) is 2.09. The molecule has 1 aromatic rings. The van der Waals surface area contributed by atoms with Crippen LogP contribution in [-0.4, -0.2) is 4.98 Å². The van der Waals surface area contributed by atoms with Gasteiger partial charge in [0.05, 0.1) is 0 Å². The molecule has 1 nitrogen and oxygen atoms in total. The van der Waals surface area contributed by atoms with Crippen molar-refractivity contribution in [3.05, 3.63) is 23.0 Å². The molecule has 0 radical (unpaired) electrons. The van der Waals surface area contributed by atoms with E-state index in [1.165, 1.54) is 16.8 Å². The highest BCUT2D eigenvalue weighted by molar-refractivity contribution is 5.29. The molecule has 0 unspecified atom stereocenters. The summed E-state index contributed by atoms with van der Waals surface area (Å²) in [6, 6.07) is 0. The number of nitrogens with one attached hydrogen (secondary N) is 1. The Morgan fingerprint density at radius 3 is 2.30 bits per heavy atom. The lowest BCUT2D eigenvalue weighted by Gasteiger charge is -1.94. The Bertz CT molecular complexity index is 189. The number of H-pyrrole nitrogens is 1. The summed E-state index contributed by atoms with van der Waals surface area (Å²) in [4.78, 5) is 3.27. The van der Waals surface area contributed by atoms with Crippen LogP contribution in [-0.2, 0) is 12.8 Å². The molecule has 1 heteroatoms. The molecule has 0 fully saturated rings. The summed E-state index contributed by atoms with van der Waals surface area (Å²) in [5, 5.41) is 0. The number of rotatable bonds is 2. The van der Waals surface area contributed by atoms with Crippen molar-refractivity contribution in [2.45, 2.75) is 33.6 Å². The van der Waals surface area contributed by atoms with Crippen molar-refractivity contribution in [2.75, 3.05) is 0 Å². The molecule has 0 aliphatic carbocycles. The number of hydrogen-bond acceptors (Lipinski definition) is 0. The van der Waals surface area contributed by atoms with Crippen molar-refractivity contribution >= 4 is 0 Å². The Balaban J connectivity index is 2.97. The van der Waals surface area contributed by atoms with Crippen LogP contribution in [0.15, 0.2) is 6.20 Å². The van der Waals surface area contributed by atoms with Gasteiger partial charge in [0, 0.05) is 11.9 Å². The Morgan fingerprint density at radius 2 is 2.00 bits per heavy atom. The first kappa shape index (κ1) is 7.39. The van der Waals surface area contributed by atoms with E-state index in [0.717, 1.165) is 12.8 Å². The Labute approximate surface area is 62.5 Å².